The van der Waals surface area contributed by atoms with Gasteiger partial charge in [0, 0.05) is 32.3 Å². The maximum Gasteiger partial charge on any atom is 0.159 e. The van der Waals surface area contributed by atoms with Gasteiger partial charge in [0.2, 0.25) is 0 Å². The topological polar surface area (TPSA) is 44.2 Å². The Bertz CT molecular complexity index is 1000. The molecule has 5 heteroatoms. The summed E-state index contributed by atoms with van der Waals surface area (Å²) in [6, 6.07) is 16.3. The van der Waals surface area contributed by atoms with Crippen molar-refractivity contribution in [3.63, 3.8) is 0 Å². The Balaban J connectivity index is 1.46. The number of nitrogens with zero attached hydrogens (tertiary/aromatic N) is 2. The van der Waals surface area contributed by atoms with E-state index in [0.29, 0.717) is 0 Å². The molecule has 0 aliphatic carbocycles. The van der Waals surface area contributed by atoms with Crippen LogP contribution in [0.15, 0.2) is 60.9 Å². The average Bonchev–Trinajstić information content (AvgIpc) is 2.93. The van der Waals surface area contributed by atoms with Gasteiger partial charge in [0.1, 0.15) is 11.5 Å². The van der Waals surface area contributed by atoms with Crippen molar-refractivity contribution in [1.29, 1.82) is 0 Å². The van der Waals surface area contributed by atoms with Gasteiger partial charge < -0.3 is 9.47 Å². The summed E-state index contributed by atoms with van der Waals surface area (Å²) in [6.07, 6.45) is 15.1. The van der Waals surface area contributed by atoms with Crippen molar-refractivity contribution in [2.75, 3.05) is 13.2 Å². The molecule has 0 aliphatic heterocycles. The normalized spacial score (nSPS) is 12.0. The van der Waals surface area contributed by atoms with E-state index in [1.165, 1.54) is 44.9 Å². The smallest absolute Gasteiger partial charge is 0.159 e. The van der Waals surface area contributed by atoms with Gasteiger partial charge in [0.15, 0.2) is 5.82 Å². The summed E-state index contributed by atoms with van der Waals surface area (Å²) in [6.45, 7) is 11.0. The minimum Gasteiger partial charge on any atom is -0.494 e. The number of unbranched alkanes of at least 4 members (excludes halogenated alkanes) is 4. The molecule has 2 aromatic carbocycles. The third-order valence-electron chi connectivity index (χ3n) is 7.08. The number of aromatic nitrogens is 2. The summed E-state index contributed by atoms with van der Waals surface area (Å²) in [5, 5.41) is 0. The zero-order valence-electron chi connectivity index (χ0n) is 23.4. The molecule has 0 bridgehead atoms. The Labute approximate surface area is 226 Å². The molecule has 0 amide bonds. The fourth-order valence-corrected chi connectivity index (χ4v) is 6.41. The van der Waals surface area contributed by atoms with E-state index in [2.05, 4.69) is 49.0 Å². The van der Waals surface area contributed by atoms with Crippen molar-refractivity contribution >= 4 is 8.80 Å². The van der Waals surface area contributed by atoms with Crippen molar-refractivity contribution in [3.8, 4) is 34.0 Å². The molecule has 0 N–H and O–H groups in total. The van der Waals surface area contributed by atoms with Gasteiger partial charge in [-0.25, -0.2) is 9.97 Å². The number of hydrogen-bond donors (Lipinski definition) is 0. The molecule has 4 nitrogen and oxygen atoms in total. The third kappa shape index (κ3) is 9.96. The maximum atomic E-state index is 6.02. The average molecular weight is 519 g/mol. The van der Waals surface area contributed by atoms with Crippen LogP contribution in [0.25, 0.3) is 22.5 Å². The van der Waals surface area contributed by atoms with Crippen molar-refractivity contribution in [2.24, 2.45) is 0 Å². The fraction of sp³-hybridized carbons (Fsp3) is 0.500. The first kappa shape index (κ1) is 28.9. The SMILES string of the molecule is CCCCCCOc1ccc(-c2cnc(-c3ccc(OCCCC(CCCC)[SiH](C)C)cc3)nc2)cc1. The molecule has 1 unspecified atom stereocenters. The Hall–Kier alpha value is -2.66. The predicted octanol–water partition coefficient (Wildman–Crippen LogP) is 8.98. The lowest BCUT2D eigenvalue weighted by molar-refractivity contribution is 0.304. The lowest BCUT2D eigenvalue weighted by Gasteiger charge is -2.19. The highest BCUT2D eigenvalue weighted by Gasteiger charge is 2.13. The zero-order chi connectivity index (χ0) is 26.3. The van der Waals surface area contributed by atoms with E-state index >= 15 is 0 Å². The van der Waals surface area contributed by atoms with Crippen LogP contribution in [-0.2, 0) is 0 Å². The van der Waals surface area contributed by atoms with Gasteiger partial charge in [0.05, 0.1) is 13.2 Å². The maximum absolute atomic E-state index is 6.02. The van der Waals surface area contributed by atoms with Crippen molar-refractivity contribution in [1.82, 2.24) is 9.97 Å². The summed E-state index contributed by atoms with van der Waals surface area (Å²) in [7, 11) is -0.585. The minimum atomic E-state index is -0.585. The number of rotatable bonds is 17. The molecule has 0 radical (unpaired) electrons. The third-order valence-corrected chi connectivity index (χ3v) is 9.63. The van der Waals surface area contributed by atoms with Gasteiger partial charge in [-0.15, -0.1) is 0 Å². The second-order valence-corrected chi connectivity index (χ2v) is 13.8. The second kappa shape index (κ2) is 16.2. The first-order chi connectivity index (χ1) is 18.1. The van der Waals surface area contributed by atoms with Gasteiger partial charge in [-0.1, -0.05) is 77.6 Å². The van der Waals surface area contributed by atoms with Gasteiger partial charge in [0.25, 0.3) is 0 Å². The first-order valence-electron chi connectivity index (χ1n) is 14.4. The largest absolute Gasteiger partial charge is 0.494 e. The molecule has 37 heavy (non-hydrogen) atoms. The van der Waals surface area contributed by atoms with Crippen molar-refractivity contribution < 1.29 is 9.47 Å². The summed E-state index contributed by atoms with van der Waals surface area (Å²) in [5.74, 6) is 2.56. The lowest BCUT2D eigenvalue weighted by atomic mass is 10.1. The molecule has 0 saturated carbocycles. The van der Waals surface area contributed by atoms with Crippen LogP contribution < -0.4 is 9.47 Å². The van der Waals surface area contributed by atoms with E-state index in [1.807, 2.05) is 48.8 Å². The number of benzene rings is 2. The van der Waals surface area contributed by atoms with E-state index in [9.17, 15) is 0 Å². The molecule has 0 saturated heterocycles. The van der Waals surface area contributed by atoms with E-state index in [-0.39, 0.29) is 0 Å². The fourth-order valence-electron chi connectivity index (χ4n) is 4.60. The van der Waals surface area contributed by atoms with Crippen LogP contribution in [-0.4, -0.2) is 32.0 Å². The van der Waals surface area contributed by atoms with Crippen LogP contribution in [0.4, 0.5) is 0 Å². The van der Waals surface area contributed by atoms with E-state index in [0.717, 1.165) is 65.6 Å². The van der Waals surface area contributed by atoms with Gasteiger partial charge in [-0.3, -0.25) is 0 Å². The highest BCUT2D eigenvalue weighted by atomic mass is 28.3. The van der Waals surface area contributed by atoms with Crippen LogP contribution in [0.2, 0.25) is 18.6 Å². The number of ether oxygens (including phenoxy) is 2. The lowest BCUT2D eigenvalue weighted by Crippen LogP contribution is -2.13. The summed E-state index contributed by atoms with van der Waals surface area (Å²) >= 11 is 0. The van der Waals surface area contributed by atoms with Crippen molar-refractivity contribution in [2.45, 2.75) is 90.3 Å². The molecule has 1 atom stereocenters. The van der Waals surface area contributed by atoms with E-state index < -0.39 is 8.80 Å². The highest BCUT2D eigenvalue weighted by Crippen LogP contribution is 2.26. The highest BCUT2D eigenvalue weighted by molar-refractivity contribution is 6.57. The molecule has 1 aromatic heterocycles. The molecule has 0 fully saturated rings. The predicted molar refractivity (Wildman–Crippen MR) is 159 cm³/mol. The van der Waals surface area contributed by atoms with Crippen LogP contribution in [0.5, 0.6) is 11.5 Å². The zero-order valence-corrected chi connectivity index (χ0v) is 24.6. The van der Waals surface area contributed by atoms with Crippen molar-refractivity contribution in [3.05, 3.63) is 60.9 Å². The standard InChI is InChI=1S/C32H46N2O2Si/c1-5-7-9-10-22-35-29-18-14-26(15-19-29)28-24-33-32(34-25-28)27-16-20-30(21-17-27)36-23-11-13-31(37(3)4)12-8-6-2/h14-21,24-25,31,37H,5-13,22-23H2,1-4H3. The number of hydrogen-bond acceptors (Lipinski definition) is 4. The summed E-state index contributed by atoms with van der Waals surface area (Å²) in [5.41, 5.74) is 4.03. The monoisotopic (exact) mass is 518 g/mol. The first-order valence-corrected chi connectivity index (χ1v) is 17.4. The van der Waals surface area contributed by atoms with E-state index in [4.69, 9.17) is 9.47 Å². The second-order valence-electron chi connectivity index (χ2n) is 10.4. The Kier molecular flexibility index (Phi) is 12.7. The van der Waals surface area contributed by atoms with Gasteiger partial charge >= 0.3 is 0 Å². The molecule has 0 spiro atoms. The van der Waals surface area contributed by atoms with Gasteiger partial charge in [-0.2, -0.15) is 0 Å². The Morgan fingerprint density at radius 3 is 1.73 bits per heavy atom. The molecular formula is C32H46N2O2Si. The van der Waals surface area contributed by atoms with Crippen LogP contribution in [0.3, 0.4) is 0 Å². The van der Waals surface area contributed by atoms with E-state index in [1.54, 1.807) is 0 Å². The van der Waals surface area contributed by atoms with Gasteiger partial charge in [-0.05, 0) is 66.8 Å². The Morgan fingerprint density at radius 2 is 1.16 bits per heavy atom. The Morgan fingerprint density at radius 1 is 0.622 bits per heavy atom. The minimum absolute atomic E-state index is 0.585. The van der Waals surface area contributed by atoms with Crippen LogP contribution in [0.1, 0.15) is 71.6 Å². The van der Waals surface area contributed by atoms with Crippen LogP contribution in [0, 0.1) is 0 Å². The van der Waals surface area contributed by atoms with Crippen LogP contribution >= 0.6 is 0 Å². The molecule has 3 rings (SSSR count). The summed E-state index contributed by atoms with van der Waals surface area (Å²) < 4.78 is 11.9. The molecule has 1 heterocycles. The summed E-state index contributed by atoms with van der Waals surface area (Å²) in [4.78, 5) is 9.22. The quantitative estimate of drug-likeness (QED) is 0.132. The molecule has 3 aromatic rings. The molecular weight excluding hydrogens is 472 g/mol. The molecule has 200 valence electrons. The molecule has 0 aliphatic rings.